The quantitative estimate of drug-likeness (QED) is 0.400. The van der Waals surface area contributed by atoms with E-state index in [0.717, 1.165) is 27.3 Å². The monoisotopic (exact) mass is 510 g/mol. The highest BCUT2D eigenvalue weighted by Gasteiger charge is 2.56. The van der Waals surface area contributed by atoms with Crippen LogP contribution in [0.25, 0.3) is 0 Å². The number of carbonyl (C=O) groups excluding carboxylic acids is 3. The normalized spacial score (nSPS) is 21.0. The number of anilines is 1. The number of thioether (sulfide) groups is 1. The molecular formula is C25H22N2O6S2. The molecule has 2 amide bonds. The van der Waals surface area contributed by atoms with Crippen molar-refractivity contribution >= 4 is 46.6 Å². The predicted octanol–water partition coefficient (Wildman–Crippen LogP) is 3.48. The summed E-state index contributed by atoms with van der Waals surface area (Å²) < 4.78 is 10.5. The largest absolute Gasteiger partial charge is 0.482 e. The van der Waals surface area contributed by atoms with Gasteiger partial charge in [0.05, 0.1) is 23.2 Å². The molecule has 1 fully saturated rings. The molecule has 1 aromatic heterocycles. The number of hydrogen-bond acceptors (Lipinski definition) is 8. The molecule has 0 aliphatic carbocycles. The summed E-state index contributed by atoms with van der Waals surface area (Å²) in [4.78, 5) is 55.7. The van der Waals surface area contributed by atoms with Crippen LogP contribution in [0.1, 0.15) is 28.8 Å². The van der Waals surface area contributed by atoms with Crippen molar-refractivity contribution in [2.45, 2.75) is 30.0 Å². The Bertz CT molecular complexity index is 1360. The first-order valence-electron chi connectivity index (χ1n) is 11.1. The Hall–Kier alpha value is -3.37. The Morgan fingerprint density at radius 2 is 1.86 bits per heavy atom. The highest BCUT2D eigenvalue weighted by molar-refractivity contribution is 8.00. The van der Waals surface area contributed by atoms with Gasteiger partial charge in [0.15, 0.2) is 6.61 Å². The molecule has 2 aromatic carbocycles. The number of thiazole rings is 1. The average molecular weight is 511 g/mol. The number of H-pyrrole nitrogens is 1. The van der Waals surface area contributed by atoms with E-state index in [1.807, 2.05) is 25.1 Å². The molecule has 5 rings (SSSR count). The summed E-state index contributed by atoms with van der Waals surface area (Å²) in [7, 11) is 0. The fourth-order valence-corrected chi connectivity index (χ4v) is 6.98. The van der Waals surface area contributed by atoms with Crippen LogP contribution in [-0.4, -0.2) is 41.2 Å². The van der Waals surface area contributed by atoms with Gasteiger partial charge < -0.3 is 14.5 Å². The lowest BCUT2D eigenvalue weighted by Gasteiger charge is -2.30. The molecule has 0 radical (unpaired) electrons. The fourth-order valence-electron chi connectivity index (χ4n) is 4.47. The van der Waals surface area contributed by atoms with Crippen molar-refractivity contribution in [3.05, 3.63) is 74.2 Å². The van der Waals surface area contributed by atoms with Gasteiger partial charge in [-0.2, -0.15) is 0 Å². The van der Waals surface area contributed by atoms with Crippen molar-refractivity contribution in [3.63, 3.8) is 0 Å². The zero-order valence-corrected chi connectivity index (χ0v) is 20.6. The van der Waals surface area contributed by atoms with Gasteiger partial charge in [-0.25, -0.2) is 9.69 Å². The second kappa shape index (κ2) is 9.35. The van der Waals surface area contributed by atoms with E-state index in [1.165, 1.54) is 16.7 Å². The zero-order chi connectivity index (χ0) is 24.7. The van der Waals surface area contributed by atoms with Crippen LogP contribution in [0.4, 0.5) is 5.69 Å². The van der Waals surface area contributed by atoms with Crippen LogP contribution in [0, 0.1) is 12.8 Å². The Labute approximate surface area is 209 Å². The third-order valence-electron chi connectivity index (χ3n) is 6.00. The maximum Gasteiger partial charge on any atom is 0.344 e. The maximum absolute atomic E-state index is 13.7. The third kappa shape index (κ3) is 4.28. The fraction of sp³-hybridized carbons (Fsp3) is 0.280. The van der Waals surface area contributed by atoms with Crippen LogP contribution >= 0.6 is 23.1 Å². The van der Waals surface area contributed by atoms with E-state index in [4.69, 9.17) is 9.47 Å². The number of benzene rings is 2. The van der Waals surface area contributed by atoms with Gasteiger partial charge in [0, 0.05) is 10.8 Å². The van der Waals surface area contributed by atoms with Gasteiger partial charge in [-0.15, -0.1) is 0 Å². The first-order valence-corrected chi connectivity index (χ1v) is 12.8. The SMILES string of the molecule is CCOC(=O)COc1cccc(C2c3sc(=O)[nH]c3SC3C(=O)N(c4ccc(C)cc4)C(=O)C32)c1. The van der Waals surface area contributed by atoms with E-state index in [0.29, 0.717) is 16.5 Å². The minimum absolute atomic E-state index is 0.238. The molecule has 0 bridgehead atoms. The van der Waals surface area contributed by atoms with E-state index in [9.17, 15) is 19.2 Å². The third-order valence-corrected chi connectivity index (χ3v) is 8.40. The summed E-state index contributed by atoms with van der Waals surface area (Å²) in [5.41, 5.74) is 2.28. The standard InChI is InChI=1S/C25H22N2O6S2/c1-3-32-17(28)12-33-16-6-4-5-14(11-16)18-19-21(34-22-20(18)35-25(31)26-22)24(30)27(23(19)29)15-9-7-13(2)8-10-15/h4-11,18-19,21H,3,12H2,1-2H3,(H,26,31). The number of fused-ring (bicyclic) bond motifs is 2. The summed E-state index contributed by atoms with van der Waals surface area (Å²) in [6, 6.07) is 14.3. The number of aryl methyl sites for hydroxylation is 1. The van der Waals surface area contributed by atoms with Crippen molar-refractivity contribution in [1.29, 1.82) is 0 Å². The molecule has 3 heterocycles. The van der Waals surface area contributed by atoms with Crippen molar-refractivity contribution in [1.82, 2.24) is 4.98 Å². The lowest BCUT2D eigenvalue weighted by Crippen LogP contribution is -2.32. The smallest absolute Gasteiger partial charge is 0.344 e. The number of nitrogens with zero attached hydrogens (tertiary/aromatic N) is 1. The van der Waals surface area contributed by atoms with E-state index in [-0.39, 0.29) is 29.9 Å². The second-order valence-electron chi connectivity index (χ2n) is 8.26. The number of carbonyl (C=O) groups is 3. The van der Waals surface area contributed by atoms with Gasteiger partial charge in [0.25, 0.3) is 0 Å². The van der Waals surface area contributed by atoms with Gasteiger partial charge in [-0.1, -0.05) is 52.9 Å². The average Bonchev–Trinajstić information content (AvgIpc) is 3.33. The molecule has 8 nitrogen and oxygen atoms in total. The number of aromatic amines is 1. The summed E-state index contributed by atoms with van der Waals surface area (Å²) in [6.07, 6.45) is 0. The lowest BCUT2D eigenvalue weighted by atomic mass is 9.83. The molecule has 1 N–H and O–H groups in total. The van der Waals surface area contributed by atoms with Crippen LogP contribution in [0.5, 0.6) is 5.75 Å². The topological polar surface area (TPSA) is 106 Å². The molecule has 2 aliphatic rings. The highest BCUT2D eigenvalue weighted by atomic mass is 32.2. The zero-order valence-electron chi connectivity index (χ0n) is 19.0. The van der Waals surface area contributed by atoms with E-state index >= 15 is 0 Å². The second-order valence-corrected chi connectivity index (χ2v) is 10.4. The molecule has 10 heteroatoms. The molecule has 180 valence electrons. The number of hydrogen-bond donors (Lipinski definition) is 1. The Morgan fingerprint density at radius 3 is 2.60 bits per heavy atom. The number of amides is 2. The van der Waals surface area contributed by atoms with Crippen molar-refractivity contribution in [2.24, 2.45) is 5.92 Å². The molecule has 1 saturated heterocycles. The van der Waals surface area contributed by atoms with Crippen LogP contribution in [0.3, 0.4) is 0 Å². The summed E-state index contributed by atoms with van der Waals surface area (Å²) in [5.74, 6) is -1.85. The minimum atomic E-state index is -0.687. The number of aromatic nitrogens is 1. The number of rotatable bonds is 6. The van der Waals surface area contributed by atoms with Gasteiger partial charge in [-0.3, -0.25) is 14.4 Å². The number of nitrogens with one attached hydrogen (secondary N) is 1. The molecule has 3 aromatic rings. The molecule has 3 atom stereocenters. The lowest BCUT2D eigenvalue weighted by molar-refractivity contribution is -0.145. The van der Waals surface area contributed by atoms with Gasteiger partial charge in [0.1, 0.15) is 11.0 Å². The number of esters is 1. The predicted molar refractivity (Wildman–Crippen MR) is 132 cm³/mol. The minimum Gasteiger partial charge on any atom is -0.482 e. The van der Waals surface area contributed by atoms with Crippen molar-refractivity contribution in [3.8, 4) is 5.75 Å². The summed E-state index contributed by atoms with van der Waals surface area (Å²) in [5, 5.41) is -0.0633. The van der Waals surface area contributed by atoms with E-state index in [2.05, 4.69) is 4.98 Å². The van der Waals surface area contributed by atoms with Crippen LogP contribution < -0.4 is 14.5 Å². The molecule has 0 spiro atoms. The van der Waals surface area contributed by atoms with E-state index < -0.39 is 23.1 Å². The maximum atomic E-state index is 13.7. The van der Waals surface area contributed by atoms with E-state index in [1.54, 1.807) is 37.3 Å². The van der Waals surface area contributed by atoms with Gasteiger partial charge >= 0.3 is 10.8 Å². The summed E-state index contributed by atoms with van der Waals surface area (Å²) >= 11 is 2.28. The Morgan fingerprint density at radius 1 is 1.09 bits per heavy atom. The van der Waals surface area contributed by atoms with Crippen molar-refractivity contribution < 1.29 is 23.9 Å². The Balaban J connectivity index is 1.53. The highest BCUT2D eigenvalue weighted by Crippen LogP contribution is 2.53. The molecule has 35 heavy (non-hydrogen) atoms. The first-order chi connectivity index (χ1) is 16.9. The molecule has 3 unspecified atom stereocenters. The van der Waals surface area contributed by atoms with Gasteiger partial charge in [-0.05, 0) is 43.7 Å². The van der Waals surface area contributed by atoms with Crippen molar-refractivity contribution in [2.75, 3.05) is 18.1 Å². The van der Waals surface area contributed by atoms with Crippen LogP contribution in [-0.2, 0) is 19.1 Å². The van der Waals surface area contributed by atoms with Crippen LogP contribution in [0.15, 0.2) is 58.4 Å². The van der Waals surface area contributed by atoms with Crippen LogP contribution in [0.2, 0.25) is 0 Å². The van der Waals surface area contributed by atoms with Gasteiger partial charge in [0.2, 0.25) is 11.8 Å². The molecule has 0 saturated carbocycles. The Kier molecular flexibility index (Phi) is 6.24. The number of imide groups is 1. The summed E-state index contributed by atoms with van der Waals surface area (Å²) in [6.45, 7) is 3.67. The first kappa shape index (κ1) is 23.4. The molecular weight excluding hydrogens is 488 g/mol. The molecule has 2 aliphatic heterocycles. The number of ether oxygens (including phenoxy) is 2.